The molecule has 19 heavy (non-hydrogen) atoms. The minimum absolute atomic E-state index is 0.393. The average Bonchev–Trinajstić information content (AvgIpc) is 2.75. The molecule has 2 rings (SSSR count). The van der Waals surface area contributed by atoms with Crippen LogP contribution in [0.5, 0.6) is 5.75 Å². The first kappa shape index (κ1) is 14.3. The Morgan fingerprint density at radius 1 is 1.21 bits per heavy atom. The number of ether oxygens (including phenoxy) is 3. The molecule has 0 spiro atoms. The Balaban J connectivity index is 1.80. The van der Waals surface area contributed by atoms with Crippen LogP contribution in [0.4, 0.5) is 0 Å². The molecule has 0 amide bonds. The Labute approximate surface area is 122 Å². The molecule has 0 saturated heterocycles. The zero-order valence-corrected chi connectivity index (χ0v) is 12.9. The van der Waals surface area contributed by atoms with E-state index in [1.54, 1.807) is 6.26 Å². The van der Waals surface area contributed by atoms with Gasteiger partial charge in [-0.05, 0) is 30.5 Å². The Kier molecular flexibility index (Phi) is 4.75. The van der Waals surface area contributed by atoms with Gasteiger partial charge in [0.05, 0.1) is 0 Å². The van der Waals surface area contributed by atoms with Crippen molar-refractivity contribution in [2.45, 2.75) is 32.5 Å². The maximum atomic E-state index is 5.66. The molecular formula is C15H19BrO3. The molecule has 104 valence electrons. The van der Waals surface area contributed by atoms with Crippen LogP contribution in [-0.4, -0.2) is 17.7 Å². The molecule has 1 aromatic rings. The molecule has 0 atom stereocenters. The molecule has 0 radical (unpaired) electrons. The van der Waals surface area contributed by atoms with Gasteiger partial charge >= 0.3 is 0 Å². The van der Waals surface area contributed by atoms with E-state index < -0.39 is 5.79 Å². The summed E-state index contributed by atoms with van der Waals surface area (Å²) >= 11 is 3.44. The molecule has 1 aliphatic heterocycles. The van der Waals surface area contributed by atoms with E-state index in [0.717, 1.165) is 23.9 Å². The van der Waals surface area contributed by atoms with Crippen LogP contribution in [0.1, 0.15) is 25.8 Å². The zero-order valence-electron chi connectivity index (χ0n) is 11.3. The molecule has 0 saturated carbocycles. The first-order valence-corrected chi connectivity index (χ1v) is 7.55. The van der Waals surface area contributed by atoms with Crippen LogP contribution in [0.3, 0.4) is 0 Å². The van der Waals surface area contributed by atoms with E-state index in [1.807, 2.05) is 26.0 Å². The van der Waals surface area contributed by atoms with Crippen LogP contribution in [0.25, 0.3) is 0 Å². The molecule has 0 unspecified atom stereocenters. The number of alkyl halides is 1. The molecule has 1 aromatic carbocycles. The normalized spacial score (nSPS) is 16.5. The third-order valence-electron chi connectivity index (χ3n) is 2.75. The SMILES string of the molecule is CC1(C)OC=C(COc2ccc(CCCBr)cc2)O1. The number of benzene rings is 1. The third-order valence-corrected chi connectivity index (χ3v) is 3.32. The smallest absolute Gasteiger partial charge is 0.244 e. The Morgan fingerprint density at radius 3 is 2.53 bits per heavy atom. The van der Waals surface area contributed by atoms with Crippen molar-refractivity contribution in [1.82, 2.24) is 0 Å². The van der Waals surface area contributed by atoms with Gasteiger partial charge in [-0.25, -0.2) is 0 Å². The number of hydrogen-bond donors (Lipinski definition) is 0. The molecule has 1 heterocycles. The van der Waals surface area contributed by atoms with Crippen LogP contribution >= 0.6 is 15.9 Å². The quantitative estimate of drug-likeness (QED) is 0.739. The van der Waals surface area contributed by atoms with Gasteiger partial charge in [0, 0.05) is 19.2 Å². The van der Waals surface area contributed by atoms with Crippen molar-refractivity contribution >= 4 is 15.9 Å². The van der Waals surface area contributed by atoms with E-state index in [4.69, 9.17) is 14.2 Å². The summed E-state index contributed by atoms with van der Waals surface area (Å²) < 4.78 is 16.6. The second-order valence-corrected chi connectivity index (χ2v) is 5.72. The monoisotopic (exact) mass is 326 g/mol. The van der Waals surface area contributed by atoms with E-state index in [0.29, 0.717) is 12.4 Å². The van der Waals surface area contributed by atoms with Crippen molar-refractivity contribution in [1.29, 1.82) is 0 Å². The number of aryl methyl sites for hydroxylation is 1. The van der Waals surface area contributed by atoms with Gasteiger partial charge in [0.1, 0.15) is 18.6 Å². The van der Waals surface area contributed by atoms with E-state index in [2.05, 4.69) is 28.1 Å². The van der Waals surface area contributed by atoms with Gasteiger partial charge in [0.15, 0.2) is 5.76 Å². The van der Waals surface area contributed by atoms with Gasteiger partial charge in [-0.3, -0.25) is 0 Å². The van der Waals surface area contributed by atoms with Crippen LogP contribution in [-0.2, 0) is 15.9 Å². The van der Waals surface area contributed by atoms with Gasteiger partial charge in [-0.1, -0.05) is 28.1 Å². The minimum atomic E-state index is -0.571. The first-order valence-electron chi connectivity index (χ1n) is 6.43. The Bertz CT molecular complexity index is 437. The lowest BCUT2D eigenvalue weighted by atomic mass is 10.1. The molecule has 0 N–H and O–H groups in total. The van der Waals surface area contributed by atoms with Crippen molar-refractivity contribution in [3.63, 3.8) is 0 Å². The van der Waals surface area contributed by atoms with Gasteiger partial charge in [-0.2, -0.15) is 0 Å². The minimum Gasteiger partial charge on any atom is -0.486 e. The topological polar surface area (TPSA) is 27.7 Å². The highest BCUT2D eigenvalue weighted by Gasteiger charge is 2.27. The van der Waals surface area contributed by atoms with E-state index >= 15 is 0 Å². The summed E-state index contributed by atoms with van der Waals surface area (Å²) in [4.78, 5) is 0. The zero-order chi connectivity index (χ0) is 13.7. The van der Waals surface area contributed by atoms with Crippen LogP contribution in [0.15, 0.2) is 36.3 Å². The summed E-state index contributed by atoms with van der Waals surface area (Å²) in [5, 5.41) is 1.03. The summed E-state index contributed by atoms with van der Waals surface area (Å²) in [6, 6.07) is 8.18. The predicted octanol–water partition coefficient (Wildman–Crippen LogP) is 4.02. The summed E-state index contributed by atoms with van der Waals surface area (Å²) in [7, 11) is 0. The lowest BCUT2D eigenvalue weighted by Gasteiger charge is -2.18. The van der Waals surface area contributed by atoms with Gasteiger partial charge < -0.3 is 14.2 Å². The molecule has 3 nitrogen and oxygen atoms in total. The fraction of sp³-hybridized carbons (Fsp3) is 0.467. The molecule has 0 aromatic heterocycles. The molecular weight excluding hydrogens is 308 g/mol. The largest absolute Gasteiger partial charge is 0.486 e. The standard InChI is InChI=1S/C15H19BrO3/c1-15(2)18-11-14(19-15)10-17-13-7-5-12(6-8-13)4-3-9-16/h5-8,11H,3-4,9-10H2,1-2H3. The number of rotatable bonds is 6. The van der Waals surface area contributed by atoms with Crippen LogP contribution < -0.4 is 4.74 Å². The highest BCUT2D eigenvalue weighted by molar-refractivity contribution is 9.09. The van der Waals surface area contributed by atoms with E-state index in [9.17, 15) is 0 Å². The maximum absolute atomic E-state index is 5.66. The highest BCUT2D eigenvalue weighted by atomic mass is 79.9. The van der Waals surface area contributed by atoms with Gasteiger partial charge in [0.2, 0.25) is 5.79 Å². The van der Waals surface area contributed by atoms with E-state index in [1.165, 1.54) is 5.56 Å². The fourth-order valence-electron chi connectivity index (χ4n) is 1.81. The van der Waals surface area contributed by atoms with Crippen molar-refractivity contribution in [2.24, 2.45) is 0 Å². The van der Waals surface area contributed by atoms with Gasteiger partial charge in [-0.15, -0.1) is 0 Å². The predicted molar refractivity (Wildman–Crippen MR) is 78.4 cm³/mol. The second kappa shape index (κ2) is 6.33. The van der Waals surface area contributed by atoms with Crippen LogP contribution in [0, 0.1) is 0 Å². The number of hydrogen-bond acceptors (Lipinski definition) is 3. The highest BCUT2D eigenvalue weighted by Crippen LogP contribution is 2.24. The Hall–Kier alpha value is -1.16. The van der Waals surface area contributed by atoms with Crippen molar-refractivity contribution in [3.8, 4) is 5.75 Å². The summed E-state index contributed by atoms with van der Waals surface area (Å²) in [5.41, 5.74) is 1.33. The van der Waals surface area contributed by atoms with Crippen LogP contribution in [0.2, 0.25) is 0 Å². The van der Waals surface area contributed by atoms with Gasteiger partial charge in [0.25, 0.3) is 0 Å². The number of halogens is 1. The molecule has 0 bridgehead atoms. The fourth-order valence-corrected chi connectivity index (χ4v) is 2.09. The summed E-state index contributed by atoms with van der Waals surface area (Å²) in [6.45, 7) is 4.13. The molecule has 4 heteroatoms. The molecule has 0 fully saturated rings. The van der Waals surface area contributed by atoms with Crippen molar-refractivity contribution in [2.75, 3.05) is 11.9 Å². The average molecular weight is 327 g/mol. The Morgan fingerprint density at radius 2 is 1.95 bits per heavy atom. The van der Waals surface area contributed by atoms with E-state index in [-0.39, 0.29) is 0 Å². The first-order chi connectivity index (χ1) is 9.09. The maximum Gasteiger partial charge on any atom is 0.244 e. The van der Waals surface area contributed by atoms with Crippen molar-refractivity contribution < 1.29 is 14.2 Å². The van der Waals surface area contributed by atoms with Crippen molar-refractivity contribution in [3.05, 3.63) is 41.9 Å². The molecule has 1 aliphatic rings. The summed E-state index contributed by atoms with van der Waals surface area (Å²) in [5.74, 6) is 0.989. The third kappa shape index (κ3) is 4.46. The lowest BCUT2D eigenvalue weighted by Crippen LogP contribution is -2.21. The lowest BCUT2D eigenvalue weighted by molar-refractivity contribution is -0.119. The summed E-state index contributed by atoms with van der Waals surface area (Å²) in [6.07, 6.45) is 3.85. The second-order valence-electron chi connectivity index (χ2n) is 4.93. The molecule has 0 aliphatic carbocycles.